The average molecular weight is 447 g/mol. The van der Waals surface area contributed by atoms with Gasteiger partial charge in [-0.3, -0.25) is 4.68 Å². The lowest BCUT2D eigenvalue weighted by atomic mass is 10.1. The Morgan fingerprint density at radius 3 is 2.79 bits per heavy atom. The molecule has 0 bridgehead atoms. The van der Waals surface area contributed by atoms with Gasteiger partial charge in [-0.05, 0) is 42.5 Å². The van der Waals surface area contributed by atoms with Crippen LogP contribution in [0.15, 0.2) is 48.9 Å². The van der Waals surface area contributed by atoms with Gasteiger partial charge in [0.2, 0.25) is 5.95 Å². The molecule has 0 radical (unpaired) electrons. The molecule has 3 aromatic heterocycles. The maximum absolute atomic E-state index is 6.18. The van der Waals surface area contributed by atoms with Gasteiger partial charge in [0.05, 0.1) is 12.7 Å². The molecule has 0 spiro atoms. The number of hydrogen-bond donors (Lipinski definition) is 2. The predicted molar refractivity (Wildman–Crippen MR) is 126 cm³/mol. The first kappa shape index (κ1) is 21.4. The van der Waals surface area contributed by atoms with Gasteiger partial charge in [-0.25, -0.2) is 0 Å². The Labute approximate surface area is 193 Å². The monoisotopic (exact) mass is 446 g/mol. The molecule has 172 valence electrons. The third-order valence-electron chi connectivity index (χ3n) is 5.97. The summed E-state index contributed by atoms with van der Waals surface area (Å²) in [6, 6.07) is 10.7. The predicted octanol–water partition coefficient (Wildman–Crippen LogP) is 3.24. The fourth-order valence-electron chi connectivity index (χ4n) is 4.15. The van der Waals surface area contributed by atoms with Gasteiger partial charge in [0, 0.05) is 31.0 Å². The van der Waals surface area contributed by atoms with E-state index in [4.69, 9.17) is 14.7 Å². The summed E-state index contributed by atoms with van der Waals surface area (Å²) in [6.45, 7) is 7.45. The van der Waals surface area contributed by atoms with Gasteiger partial charge in [0.15, 0.2) is 5.65 Å². The van der Waals surface area contributed by atoms with Crippen LogP contribution in [0.25, 0.3) is 5.65 Å². The van der Waals surface area contributed by atoms with Crippen molar-refractivity contribution in [2.45, 2.75) is 51.8 Å². The van der Waals surface area contributed by atoms with Crippen molar-refractivity contribution >= 4 is 11.6 Å². The van der Waals surface area contributed by atoms with Crippen molar-refractivity contribution < 1.29 is 4.74 Å². The second-order valence-corrected chi connectivity index (χ2v) is 8.73. The topological polar surface area (TPSA) is 94.2 Å². The molecule has 1 aromatic carbocycles. The van der Waals surface area contributed by atoms with Gasteiger partial charge in [0.1, 0.15) is 6.10 Å². The van der Waals surface area contributed by atoms with Crippen LogP contribution >= 0.6 is 0 Å². The molecule has 9 heteroatoms. The van der Waals surface area contributed by atoms with Crippen LogP contribution in [0.2, 0.25) is 0 Å². The van der Waals surface area contributed by atoms with E-state index in [2.05, 4.69) is 58.9 Å². The molecule has 1 fully saturated rings. The molecule has 4 aromatic rings. The molecule has 1 atom stereocenters. The van der Waals surface area contributed by atoms with Crippen molar-refractivity contribution in [1.29, 1.82) is 0 Å². The van der Waals surface area contributed by atoms with Crippen molar-refractivity contribution in [3.8, 4) is 6.01 Å². The van der Waals surface area contributed by atoms with Crippen LogP contribution in [0, 0.1) is 0 Å². The Kier molecular flexibility index (Phi) is 6.21. The van der Waals surface area contributed by atoms with E-state index in [-0.39, 0.29) is 6.10 Å². The summed E-state index contributed by atoms with van der Waals surface area (Å²) in [7, 11) is 0. The molecule has 1 aliphatic heterocycles. The zero-order valence-corrected chi connectivity index (χ0v) is 19.1. The van der Waals surface area contributed by atoms with E-state index in [1.165, 1.54) is 11.1 Å². The number of fused-ring (bicyclic) bond motifs is 1. The second kappa shape index (κ2) is 9.58. The van der Waals surface area contributed by atoms with Crippen molar-refractivity contribution in [3.05, 3.63) is 65.6 Å². The van der Waals surface area contributed by atoms with Crippen LogP contribution in [0.1, 0.15) is 49.3 Å². The molecule has 5 rings (SSSR count). The van der Waals surface area contributed by atoms with E-state index in [0.717, 1.165) is 37.1 Å². The van der Waals surface area contributed by atoms with Crippen LogP contribution < -0.4 is 15.4 Å². The largest absolute Gasteiger partial charge is 0.459 e. The lowest BCUT2D eigenvalue weighted by molar-refractivity contribution is 0.153. The van der Waals surface area contributed by atoms with Crippen molar-refractivity contribution in [2.75, 3.05) is 18.4 Å². The Morgan fingerprint density at radius 1 is 1.15 bits per heavy atom. The van der Waals surface area contributed by atoms with Gasteiger partial charge < -0.3 is 15.4 Å². The smallest absolute Gasteiger partial charge is 0.322 e. The van der Waals surface area contributed by atoms with E-state index < -0.39 is 0 Å². The standard InChI is InChI=1S/C24H30N8O/c1-17(2)21-15-28-32-22(21)29-24(33-20-9-5-10-25-14-20)30-23(32)26-13-18-7-3-4-8-19(18)16-31-12-6-11-27-31/h3-4,6-8,11-12,15,17,20,25H,5,9-10,13-14,16H2,1-2H3,(H,26,29,30). The highest BCUT2D eigenvalue weighted by Gasteiger charge is 2.20. The van der Waals surface area contributed by atoms with Crippen LogP contribution in [0.3, 0.4) is 0 Å². The van der Waals surface area contributed by atoms with E-state index in [9.17, 15) is 0 Å². The molecule has 1 aliphatic rings. The Morgan fingerprint density at radius 2 is 2.03 bits per heavy atom. The normalized spacial score (nSPS) is 16.4. The summed E-state index contributed by atoms with van der Waals surface area (Å²) in [4.78, 5) is 9.42. The zero-order valence-electron chi connectivity index (χ0n) is 19.1. The summed E-state index contributed by atoms with van der Waals surface area (Å²) in [6.07, 6.45) is 7.81. The van der Waals surface area contributed by atoms with Gasteiger partial charge >= 0.3 is 6.01 Å². The third kappa shape index (κ3) is 4.83. The van der Waals surface area contributed by atoms with Gasteiger partial charge in [-0.15, -0.1) is 0 Å². The molecule has 33 heavy (non-hydrogen) atoms. The molecule has 9 nitrogen and oxygen atoms in total. The van der Waals surface area contributed by atoms with Crippen LogP contribution in [-0.2, 0) is 13.1 Å². The average Bonchev–Trinajstić information content (AvgIpc) is 3.49. The molecular weight excluding hydrogens is 416 g/mol. The number of piperidine rings is 1. The number of nitrogens with one attached hydrogen (secondary N) is 2. The Hall–Kier alpha value is -3.46. The number of benzene rings is 1. The summed E-state index contributed by atoms with van der Waals surface area (Å²) in [5, 5.41) is 15.8. The SMILES string of the molecule is CC(C)c1cnn2c(NCc3ccccc3Cn3cccn3)nc(OC3CCCNC3)nc12. The summed E-state index contributed by atoms with van der Waals surface area (Å²) in [5.41, 5.74) is 4.24. The van der Waals surface area contributed by atoms with E-state index >= 15 is 0 Å². The maximum atomic E-state index is 6.18. The highest BCUT2D eigenvalue weighted by molar-refractivity contribution is 5.53. The number of rotatable bonds is 8. The first-order chi connectivity index (χ1) is 16.2. The molecule has 0 aliphatic carbocycles. The number of ether oxygens (including phenoxy) is 1. The number of hydrogen-bond acceptors (Lipinski definition) is 7. The summed E-state index contributed by atoms with van der Waals surface area (Å²) >= 11 is 0. The minimum absolute atomic E-state index is 0.0780. The maximum Gasteiger partial charge on any atom is 0.322 e. The fourth-order valence-corrected chi connectivity index (χ4v) is 4.15. The highest BCUT2D eigenvalue weighted by Crippen LogP contribution is 2.24. The minimum atomic E-state index is 0.0780. The molecule has 0 saturated carbocycles. The first-order valence-corrected chi connectivity index (χ1v) is 11.6. The molecule has 1 unspecified atom stereocenters. The van der Waals surface area contributed by atoms with Crippen LogP contribution in [-0.4, -0.2) is 48.6 Å². The molecule has 2 N–H and O–H groups in total. The fraction of sp³-hybridized carbons (Fsp3) is 0.417. The van der Waals surface area contributed by atoms with Gasteiger partial charge in [-0.2, -0.15) is 24.7 Å². The van der Waals surface area contributed by atoms with E-state index in [1.54, 1.807) is 10.7 Å². The Bertz CT molecular complexity index is 1190. The van der Waals surface area contributed by atoms with Gasteiger partial charge in [-0.1, -0.05) is 38.1 Å². The lowest BCUT2D eigenvalue weighted by Crippen LogP contribution is -2.37. The number of aromatic nitrogens is 6. The summed E-state index contributed by atoms with van der Waals surface area (Å²) < 4.78 is 9.88. The van der Waals surface area contributed by atoms with E-state index in [0.29, 0.717) is 31.0 Å². The Balaban J connectivity index is 1.42. The lowest BCUT2D eigenvalue weighted by Gasteiger charge is -2.23. The van der Waals surface area contributed by atoms with E-state index in [1.807, 2.05) is 23.1 Å². The number of nitrogens with zero attached hydrogens (tertiary/aromatic N) is 6. The second-order valence-electron chi connectivity index (χ2n) is 8.73. The molecule has 4 heterocycles. The highest BCUT2D eigenvalue weighted by atomic mass is 16.5. The number of anilines is 1. The minimum Gasteiger partial charge on any atom is -0.459 e. The summed E-state index contributed by atoms with van der Waals surface area (Å²) in [5.74, 6) is 0.920. The molecular formula is C24H30N8O. The van der Waals surface area contributed by atoms with Crippen molar-refractivity contribution in [2.24, 2.45) is 0 Å². The van der Waals surface area contributed by atoms with Crippen molar-refractivity contribution in [3.63, 3.8) is 0 Å². The first-order valence-electron chi connectivity index (χ1n) is 11.6. The van der Waals surface area contributed by atoms with Gasteiger partial charge in [0.25, 0.3) is 0 Å². The quantitative estimate of drug-likeness (QED) is 0.429. The zero-order chi connectivity index (χ0) is 22.6. The van der Waals surface area contributed by atoms with Crippen LogP contribution in [0.4, 0.5) is 5.95 Å². The third-order valence-corrected chi connectivity index (χ3v) is 5.97. The van der Waals surface area contributed by atoms with Crippen LogP contribution in [0.5, 0.6) is 6.01 Å². The molecule has 0 amide bonds. The molecule has 1 saturated heterocycles. The van der Waals surface area contributed by atoms with Crippen molar-refractivity contribution in [1.82, 2.24) is 34.7 Å².